The van der Waals surface area contributed by atoms with Crippen LogP contribution in [0.3, 0.4) is 0 Å². The smallest absolute Gasteiger partial charge is 0.416 e. The second kappa shape index (κ2) is 6.65. The topological polar surface area (TPSA) is 102 Å². The summed E-state index contributed by atoms with van der Waals surface area (Å²) in [5, 5.41) is 10.9. The first-order chi connectivity index (χ1) is 10.1. The van der Waals surface area contributed by atoms with E-state index in [1.165, 1.54) is 0 Å². The fourth-order valence-electron chi connectivity index (χ4n) is 1.81. The third kappa shape index (κ3) is 4.10. The number of allylic oxidation sites excluding steroid dienone is 1. The normalized spacial score (nSPS) is 14.3. The first-order valence-corrected chi connectivity index (χ1v) is 6.26. The van der Waals surface area contributed by atoms with Crippen LogP contribution in [-0.4, -0.2) is 11.2 Å². The molecule has 1 atom stereocenters. The van der Waals surface area contributed by atoms with E-state index in [9.17, 15) is 23.3 Å². The molecule has 0 saturated heterocycles. The summed E-state index contributed by atoms with van der Waals surface area (Å²) in [4.78, 5) is 9.93. The maximum atomic E-state index is 12.6. The largest absolute Gasteiger partial charge is 0.637 e. The van der Waals surface area contributed by atoms with E-state index in [2.05, 4.69) is 0 Å². The van der Waals surface area contributed by atoms with Gasteiger partial charge in [0.25, 0.3) is 0 Å². The van der Waals surface area contributed by atoms with E-state index in [4.69, 9.17) is 16.2 Å². The molecule has 0 spiro atoms. The molecule has 1 rings (SSSR count). The van der Waals surface area contributed by atoms with Gasteiger partial charge in [-0.1, -0.05) is 6.92 Å². The number of ether oxygens (including phenoxy) is 1. The lowest BCUT2D eigenvalue weighted by molar-refractivity contribution is -0.386. The first kappa shape index (κ1) is 17.8. The van der Waals surface area contributed by atoms with E-state index < -0.39 is 34.3 Å². The van der Waals surface area contributed by atoms with Crippen molar-refractivity contribution in [3.8, 4) is 5.75 Å². The van der Waals surface area contributed by atoms with Crippen molar-refractivity contribution >= 4 is 5.69 Å². The molecule has 0 aromatic heterocycles. The molecule has 0 aliphatic carbocycles. The average Bonchev–Trinajstić information content (AvgIpc) is 2.37. The van der Waals surface area contributed by atoms with Gasteiger partial charge in [0.15, 0.2) is 5.75 Å². The predicted octanol–water partition coefficient (Wildman–Crippen LogP) is 4.01. The Morgan fingerprint density at radius 3 is 2.50 bits per heavy atom. The number of benzene rings is 1. The molecular weight excluding hydrogens is 303 g/mol. The molecule has 0 amide bonds. The van der Waals surface area contributed by atoms with E-state index in [-0.39, 0.29) is 0 Å². The van der Waals surface area contributed by atoms with Crippen LogP contribution in [0, 0.1) is 10.1 Å². The Morgan fingerprint density at radius 1 is 1.50 bits per heavy atom. The van der Waals surface area contributed by atoms with Crippen LogP contribution in [0.1, 0.15) is 25.8 Å². The molecule has 6 nitrogen and oxygen atoms in total. The maximum Gasteiger partial charge on any atom is 0.416 e. The van der Waals surface area contributed by atoms with Gasteiger partial charge < -0.3 is 16.2 Å². The van der Waals surface area contributed by atoms with Crippen LogP contribution in [0.5, 0.6) is 5.75 Å². The van der Waals surface area contributed by atoms with Crippen molar-refractivity contribution in [3.05, 3.63) is 50.9 Å². The van der Waals surface area contributed by atoms with Gasteiger partial charge in [-0.3, -0.25) is 10.1 Å². The summed E-state index contributed by atoms with van der Waals surface area (Å²) < 4.78 is 42.9. The molecule has 0 aliphatic rings. The number of nitro groups is 1. The van der Waals surface area contributed by atoms with E-state index in [1.54, 1.807) is 13.8 Å². The Balaban J connectivity index is 3.21. The minimum Gasteiger partial charge on any atom is -0.637 e. The van der Waals surface area contributed by atoms with Gasteiger partial charge in [0.1, 0.15) is 0 Å². The lowest BCUT2D eigenvalue weighted by Crippen LogP contribution is -2.18. The number of hydrogen-bond acceptors (Lipinski definition) is 4. The summed E-state index contributed by atoms with van der Waals surface area (Å²) in [5.41, 5.74) is 12.1. The minimum absolute atomic E-state index is 0.331. The molecule has 9 heteroatoms. The van der Waals surface area contributed by atoms with E-state index in [1.807, 2.05) is 0 Å². The van der Waals surface area contributed by atoms with Crippen molar-refractivity contribution in [1.82, 2.24) is 0 Å². The lowest BCUT2D eigenvalue weighted by atomic mass is 10.1. The van der Waals surface area contributed by atoms with Crippen LogP contribution >= 0.6 is 0 Å². The predicted molar refractivity (Wildman–Crippen MR) is 74.0 cm³/mol. The van der Waals surface area contributed by atoms with Gasteiger partial charge in [0.05, 0.1) is 10.5 Å². The molecule has 1 aromatic rings. The molecule has 0 heterocycles. The molecule has 3 N–H and O–H groups in total. The second-order valence-corrected chi connectivity index (χ2v) is 4.50. The van der Waals surface area contributed by atoms with Crippen LogP contribution in [-0.2, 0) is 6.18 Å². The van der Waals surface area contributed by atoms with Crippen LogP contribution in [0.25, 0.3) is 5.73 Å². The molecule has 0 saturated carbocycles. The minimum atomic E-state index is -4.70. The molecule has 0 radical (unpaired) electrons. The highest BCUT2D eigenvalue weighted by Gasteiger charge is 2.33. The molecule has 1 aromatic carbocycles. The number of rotatable bonds is 5. The van der Waals surface area contributed by atoms with Gasteiger partial charge in [-0.05, 0) is 31.1 Å². The van der Waals surface area contributed by atoms with Crippen molar-refractivity contribution in [3.63, 3.8) is 0 Å². The van der Waals surface area contributed by atoms with Crippen molar-refractivity contribution in [1.29, 1.82) is 0 Å². The second-order valence-electron chi connectivity index (χ2n) is 4.50. The highest BCUT2D eigenvalue weighted by molar-refractivity contribution is 5.50. The van der Waals surface area contributed by atoms with E-state index >= 15 is 0 Å². The van der Waals surface area contributed by atoms with Crippen molar-refractivity contribution in [2.75, 3.05) is 0 Å². The highest BCUT2D eigenvalue weighted by Crippen LogP contribution is 2.36. The molecule has 0 aliphatic heterocycles. The van der Waals surface area contributed by atoms with Gasteiger partial charge in [-0.2, -0.15) is 13.2 Å². The number of halogens is 3. The average molecular weight is 318 g/mol. The molecule has 0 fully saturated rings. The standard InChI is InChI=1S/C13H15F3N3O3/c1-3-9(7(2)17)12(18)22-11-5-4-8(13(14,15)16)6-10(11)19(20)21/h4-6,12,18H,3,17H2,1-2H3/q-1/b9-7-. The molecule has 0 bridgehead atoms. The molecule has 122 valence electrons. The molecule has 1 unspecified atom stereocenters. The Labute approximate surface area is 124 Å². The third-order valence-electron chi connectivity index (χ3n) is 2.93. The van der Waals surface area contributed by atoms with Crippen molar-refractivity contribution in [2.45, 2.75) is 32.7 Å². The lowest BCUT2D eigenvalue weighted by Gasteiger charge is -2.25. The van der Waals surface area contributed by atoms with Crippen LogP contribution in [0.4, 0.5) is 18.9 Å². The molecule has 22 heavy (non-hydrogen) atoms. The molecular formula is C13H15F3N3O3-. The summed E-state index contributed by atoms with van der Waals surface area (Å²) in [5.74, 6) is -0.412. The van der Waals surface area contributed by atoms with Crippen LogP contribution < -0.4 is 10.5 Å². The first-order valence-electron chi connectivity index (χ1n) is 6.26. The summed E-state index contributed by atoms with van der Waals surface area (Å²) >= 11 is 0. The van der Waals surface area contributed by atoms with Crippen molar-refractivity contribution < 1.29 is 22.8 Å². The zero-order valence-electron chi connectivity index (χ0n) is 11.9. The summed E-state index contributed by atoms with van der Waals surface area (Å²) in [6.07, 6.45) is -5.65. The maximum absolute atomic E-state index is 12.6. The zero-order valence-corrected chi connectivity index (χ0v) is 11.9. The number of nitrogens with two attached hydrogens (primary N) is 1. The Morgan fingerprint density at radius 2 is 2.09 bits per heavy atom. The summed E-state index contributed by atoms with van der Waals surface area (Å²) in [6, 6.07) is 1.88. The number of alkyl halides is 3. The van der Waals surface area contributed by atoms with E-state index in [0.29, 0.717) is 29.8 Å². The van der Waals surface area contributed by atoms with Crippen molar-refractivity contribution in [2.24, 2.45) is 5.73 Å². The SMILES string of the molecule is CC/C(=C(\C)N)C([NH-])Oc1ccc(C(F)(F)F)cc1[N+](=O)[O-]. The fourth-order valence-corrected chi connectivity index (χ4v) is 1.81. The number of hydrogen-bond donors (Lipinski definition) is 1. The van der Waals surface area contributed by atoms with Gasteiger partial charge in [-0.15, -0.1) is 0 Å². The third-order valence-corrected chi connectivity index (χ3v) is 2.93. The van der Waals surface area contributed by atoms with Crippen LogP contribution in [0.2, 0.25) is 0 Å². The fraction of sp³-hybridized carbons (Fsp3) is 0.385. The van der Waals surface area contributed by atoms with Crippen LogP contribution in [0.15, 0.2) is 29.5 Å². The monoisotopic (exact) mass is 318 g/mol. The Kier molecular flexibility index (Phi) is 5.37. The quantitative estimate of drug-likeness (QED) is 0.654. The number of nitrogens with zero attached hydrogens (tertiary/aromatic N) is 1. The Bertz CT molecular complexity index is 596. The summed E-state index contributed by atoms with van der Waals surface area (Å²) in [7, 11) is 0. The number of nitro benzene ring substituents is 1. The van der Waals surface area contributed by atoms with Gasteiger partial charge in [0, 0.05) is 18.0 Å². The Hall–Kier alpha value is -2.29. The summed E-state index contributed by atoms with van der Waals surface area (Å²) in [6.45, 7) is 3.27. The highest BCUT2D eigenvalue weighted by atomic mass is 19.4. The number of nitrogens with one attached hydrogen (secondary N) is 1. The van der Waals surface area contributed by atoms with Gasteiger partial charge in [-0.25, -0.2) is 0 Å². The zero-order chi connectivity index (χ0) is 17.1. The van der Waals surface area contributed by atoms with Gasteiger partial charge >= 0.3 is 11.9 Å². The van der Waals surface area contributed by atoms with Gasteiger partial charge in [0.2, 0.25) is 0 Å². The van der Waals surface area contributed by atoms with E-state index in [0.717, 1.165) is 6.07 Å².